The number of carbonyl (C=O) groups excluding carboxylic acids is 1. The fourth-order valence-corrected chi connectivity index (χ4v) is 4.33. The largest absolute Gasteiger partial charge is 0.455 e. The Labute approximate surface area is 233 Å². The van der Waals surface area contributed by atoms with Crippen molar-refractivity contribution in [2.24, 2.45) is 5.73 Å². The molecule has 0 fully saturated rings. The molecule has 2 N–H and O–H groups in total. The highest BCUT2D eigenvalue weighted by atomic mass is 35.5. The van der Waals surface area contributed by atoms with Crippen LogP contribution in [0.25, 0.3) is 0 Å². The van der Waals surface area contributed by atoms with Crippen LogP contribution < -0.4 is 15.2 Å². The predicted molar refractivity (Wildman–Crippen MR) is 153 cm³/mol. The zero-order valence-corrected chi connectivity index (χ0v) is 22.7. The molecule has 0 heterocycles. The molecule has 0 aliphatic heterocycles. The number of ketones is 1. The third-order valence-corrected chi connectivity index (χ3v) is 6.75. The molecule has 0 aromatic heterocycles. The van der Waals surface area contributed by atoms with Crippen molar-refractivity contribution in [3.05, 3.63) is 118 Å². The first-order valence-electron chi connectivity index (χ1n) is 12.4. The van der Waals surface area contributed by atoms with E-state index >= 15 is 0 Å². The van der Waals surface area contributed by atoms with Crippen molar-refractivity contribution in [1.29, 1.82) is 0 Å². The Morgan fingerprint density at radius 1 is 0.711 bits per heavy atom. The van der Waals surface area contributed by atoms with Crippen molar-refractivity contribution in [2.45, 2.75) is 32.5 Å². The minimum Gasteiger partial charge on any atom is -0.455 e. The van der Waals surface area contributed by atoms with Crippen molar-refractivity contribution in [1.82, 2.24) is 4.90 Å². The summed E-state index contributed by atoms with van der Waals surface area (Å²) in [6, 6.07) is 29.9. The molecular formula is C31H30Cl2N2O3. The SMILES string of the molecule is CC(=O)[C@@H](N)CCN(Cc1ccccc1Oc1ccccc1Cl)Cc1ccccc1Oc1ccccc1Cl. The van der Waals surface area contributed by atoms with Gasteiger partial charge in [-0.1, -0.05) is 83.9 Å². The van der Waals surface area contributed by atoms with E-state index in [0.29, 0.717) is 59.1 Å². The molecule has 4 aromatic carbocycles. The number of ether oxygens (including phenoxy) is 2. The summed E-state index contributed by atoms with van der Waals surface area (Å²) < 4.78 is 12.4. The number of hydrogen-bond donors (Lipinski definition) is 1. The van der Waals surface area contributed by atoms with Crippen LogP contribution in [0.5, 0.6) is 23.0 Å². The van der Waals surface area contributed by atoms with Gasteiger partial charge < -0.3 is 15.2 Å². The average Bonchev–Trinajstić information content (AvgIpc) is 2.91. The van der Waals surface area contributed by atoms with E-state index < -0.39 is 6.04 Å². The molecule has 0 aliphatic rings. The van der Waals surface area contributed by atoms with Gasteiger partial charge in [-0.05, 0) is 49.7 Å². The Balaban J connectivity index is 1.59. The third kappa shape index (κ3) is 7.59. The van der Waals surface area contributed by atoms with Crippen LogP contribution in [0.4, 0.5) is 0 Å². The van der Waals surface area contributed by atoms with Crippen LogP contribution in [-0.4, -0.2) is 23.3 Å². The topological polar surface area (TPSA) is 64.8 Å². The number of benzene rings is 4. The third-order valence-electron chi connectivity index (χ3n) is 6.12. The van der Waals surface area contributed by atoms with E-state index in [-0.39, 0.29) is 5.78 Å². The second kappa shape index (κ2) is 13.4. The Kier molecular flexibility index (Phi) is 9.79. The highest BCUT2D eigenvalue weighted by Gasteiger charge is 2.17. The Morgan fingerprint density at radius 2 is 1.11 bits per heavy atom. The maximum absolute atomic E-state index is 11.8. The molecule has 0 bridgehead atoms. The molecule has 0 spiro atoms. The number of hydrogen-bond acceptors (Lipinski definition) is 5. The first kappa shape index (κ1) is 27.7. The van der Waals surface area contributed by atoms with Gasteiger partial charge in [-0.15, -0.1) is 0 Å². The molecule has 0 saturated heterocycles. The molecule has 38 heavy (non-hydrogen) atoms. The summed E-state index contributed by atoms with van der Waals surface area (Å²) in [7, 11) is 0. The van der Waals surface area contributed by atoms with Gasteiger partial charge >= 0.3 is 0 Å². The fraction of sp³-hybridized carbons (Fsp3) is 0.194. The Hall–Kier alpha value is -3.35. The molecule has 0 aliphatic carbocycles. The molecule has 0 radical (unpaired) electrons. The fourth-order valence-electron chi connectivity index (χ4n) is 3.98. The number of nitrogens with zero attached hydrogens (tertiary/aromatic N) is 1. The number of carbonyl (C=O) groups is 1. The monoisotopic (exact) mass is 548 g/mol. The molecule has 4 rings (SSSR count). The van der Waals surface area contributed by atoms with Crippen LogP contribution in [0.1, 0.15) is 24.5 Å². The highest BCUT2D eigenvalue weighted by molar-refractivity contribution is 6.32. The van der Waals surface area contributed by atoms with Crippen molar-refractivity contribution in [2.75, 3.05) is 6.54 Å². The van der Waals surface area contributed by atoms with Gasteiger partial charge in [-0.2, -0.15) is 0 Å². The maximum Gasteiger partial charge on any atom is 0.146 e. The number of nitrogens with two attached hydrogens (primary N) is 1. The minimum absolute atomic E-state index is 0.0325. The van der Waals surface area contributed by atoms with E-state index in [2.05, 4.69) is 4.90 Å². The van der Waals surface area contributed by atoms with Gasteiger partial charge in [-0.3, -0.25) is 9.69 Å². The summed E-state index contributed by atoms with van der Waals surface area (Å²) >= 11 is 12.7. The molecule has 196 valence electrons. The van der Waals surface area contributed by atoms with Gasteiger partial charge in [0.15, 0.2) is 0 Å². The summed E-state index contributed by atoms with van der Waals surface area (Å²) in [6.45, 7) is 3.24. The lowest BCUT2D eigenvalue weighted by atomic mass is 10.1. The first-order chi connectivity index (χ1) is 18.4. The van der Waals surface area contributed by atoms with Crippen molar-refractivity contribution in [3.8, 4) is 23.0 Å². The summed E-state index contributed by atoms with van der Waals surface area (Å²) in [5, 5.41) is 1.08. The van der Waals surface area contributed by atoms with Crippen LogP contribution in [0.3, 0.4) is 0 Å². The normalized spacial score (nSPS) is 11.8. The van der Waals surface area contributed by atoms with E-state index in [4.69, 9.17) is 38.4 Å². The average molecular weight is 549 g/mol. The molecule has 0 amide bonds. The van der Waals surface area contributed by atoms with Crippen LogP contribution >= 0.6 is 23.2 Å². The van der Waals surface area contributed by atoms with E-state index in [0.717, 1.165) is 11.1 Å². The molecular weight excluding hydrogens is 519 g/mol. The predicted octanol–water partition coefficient (Wildman–Crippen LogP) is 7.89. The molecule has 1 atom stereocenters. The molecule has 5 nitrogen and oxygen atoms in total. The van der Waals surface area contributed by atoms with Crippen molar-refractivity contribution >= 4 is 29.0 Å². The van der Waals surface area contributed by atoms with Gasteiger partial charge in [0, 0.05) is 30.8 Å². The molecule has 7 heteroatoms. The van der Waals surface area contributed by atoms with Gasteiger partial charge in [0.2, 0.25) is 0 Å². The zero-order valence-electron chi connectivity index (χ0n) is 21.1. The maximum atomic E-state index is 11.8. The smallest absolute Gasteiger partial charge is 0.146 e. The van der Waals surface area contributed by atoms with E-state index in [9.17, 15) is 4.79 Å². The lowest BCUT2D eigenvalue weighted by Crippen LogP contribution is -2.34. The van der Waals surface area contributed by atoms with Gasteiger partial charge in [0.05, 0.1) is 16.1 Å². The Morgan fingerprint density at radius 3 is 1.53 bits per heavy atom. The summed E-state index contributed by atoms with van der Waals surface area (Å²) in [4.78, 5) is 14.1. The first-order valence-corrected chi connectivity index (χ1v) is 13.1. The number of Topliss-reactive ketones (excluding diaryl/α,β-unsaturated/α-hetero) is 1. The lowest BCUT2D eigenvalue weighted by molar-refractivity contribution is -0.118. The van der Waals surface area contributed by atoms with Gasteiger partial charge in [-0.25, -0.2) is 0 Å². The van der Waals surface area contributed by atoms with Gasteiger partial charge in [0.1, 0.15) is 28.8 Å². The Bertz CT molecular complexity index is 1290. The minimum atomic E-state index is -0.526. The molecule has 0 unspecified atom stereocenters. The van der Waals surface area contributed by atoms with Gasteiger partial charge in [0.25, 0.3) is 0 Å². The quantitative estimate of drug-likeness (QED) is 0.195. The second-order valence-electron chi connectivity index (χ2n) is 9.00. The number of para-hydroxylation sites is 4. The second-order valence-corrected chi connectivity index (χ2v) is 9.81. The zero-order chi connectivity index (χ0) is 26.9. The van der Waals surface area contributed by atoms with Crippen molar-refractivity contribution in [3.63, 3.8) is 0 Å². The van der Waals surface area contributed by atoms with Crippen LogP contribution in [0.15, 0.2) is 97.1 Å². The summed E-state index contributed by atoms with van der Waals surface area (Å²) in [6.07, 6.45) is 0.524. The highest BCUT2D eigenvalue weighted by Crippen LogP contribution is 2.34. The van der Waals surface area contributed by atoms with E-state index in [1.165, 1.54) is 6.92 Å². The lowest BCUT2D eigenvalue weighted by Gasteiger charge is -2.26. The van der Waals surface area contributed by atoms with Crippen molar-refractivity contribution < 1.29 is 14.3 Å². The standard InChI is InChI=1S/C31H30Cl2N2O3/c1-22(36)27(34)18-19-35(20-23-10-2-6-14-28(23)37-30-16-8-4-12-25(30)32)21-24-11-3-7-15-29(24)38-31-17-9-5-13-26(31)33/h2-17,27H,18-21,34H2,1H3/t27-/m0/s1. The molecule has 4 aromatic rings. The van der Waals surface area contributed by atoms with E-state index in [1.807, 2.05) is 84.9 Å². The van der Waals surface area contributed by atoms with E-state index in [1.54, 1.807) is 12.1 Å². The summed E-state index contributed by atoms with van der Waals surface area (Å²) in [5.41, 5.74) is 8.05. The van der Waals surface area contributed by atoms with Crippen LogP contribution in [0, 0.1) is 0 Å². The number of halogens is 2. The van der Waals surface area contributed by atoms with Crippen LogP contribution in [0.2, 0.25) is 10.0 Å². The summed E-state index contributed by atoms with van der Waals surface area (Å²) in [5.74, 6) is 2.56. The molecule has 0 saturated carbocycles. The number of rotatable bonds is 12. The van der Waals surface area contributed by atoms with Crippen LogP contribution in [-0.2, 0) is 17.9 Å².